The molecule has 2 aromatic carbocycles. The summed E-state index contributed by atoms with van der Waals surface area (Å²) in [5.74, 6) is 2.30. The van der Waals surface area contributed by atoms with Gasteiger partial charge in [0.05, 0.1) is 11.9 Å². The summed E-state index contributed by atoms with van der Waals surface area (Å²) in [7, 11) is 0. The first-order valence-electron chi connectivity index (χ1n) is 14.5. The van der Waals surface area contributed by atoms with E-state index in [1.165, 1.54) is 100 Å². The highest BCUT2D eigenvalue weighted by atomic mass is 15.2. The number of unbranched alkanes of at least 4 members (excludes halogenated alkanes) is 4. The van der Waals surface area contributed by atoms with Gasteiger partial charge < -0.3 is 0 Å². The summed E-state index contributed by atoms with van der Waals surface area (Å²) < 4.78 is 0. The highest BCUT2D eigenvalue weighted by Crippen LogP contribution is 2.38. The fourth-order valence-electron chi connectivity index (χ4n) is 5.85. The van der Waals surface area contributed by atoms with Crippen molar-refractivity contribution < 1.29 is 0 Å². The molecule has 0 radical (unpaired) electrons. The standard InChI is InChI=1S/C33H48N2/c1-4-7-8-9-11-15-27-18-20-28(21-19-27)26-34-35-33(31-16-12-10-13-17-31)32-24-22-30(23-25-32)29(6-3)14-5-2/h10,12-13,16-21,26,29-30,32H,4-9,11,14-15,22-25H2,1-3H3/t29?,30-,32-. The molecule has 0 heterocycles. The minimum atomic E-state index is 0.514. The number of aryl methyl sites for hydroxylation is 1. The fourth-order valence-corrected chi connectivity index (χ4v) is 5.85. The Kier molecular flexibility index (Phi) is 12.3. The molecule has 3 rings (SSSR count). The molecule has 2 heteroatoms. The van der Waals surface area contributed by atoms with E-state index < -0.39 is 0 Å². The Balaban J connectivity index is 1.62. The van der Waals surface area contributed by atoms with Gasteiger partial charge in [0.1, 0.15) is 0 Å². The number of nitrogens with zero attached hydrogens (tertiary/aromatic N) is 2. The Morgan fingerprint density at radius 3 is 2.20 bits per heavy atom. The van der Waals surface area contributed by atoms with Crippen molar-refractivity contribution >= 4 is 11.9 Å². The molecule has 1 aliphatic rings. The minimum Gasteiger partial charge on any atom is -0.158 e. The normalized spacial score (nSPS) is 19.8. The van der Waals surface area contributed by atoms with Crippen LogP contribution in [0.2, 0.25) is 0 Å². The van der Waals surface area contributed by atoms with Gasteiger partial charge in [-0.05, 0) is 67.1 Å². The molecule has 1 atom stereocenters. The van der Waals surface area contributed by atoms with E-state index in [0.717, 1.165) is 17.4 Å². The number of rotatable bonds is 14. The average molecular weight is 473 g/mol. The summed E-state index contributed by atoms with van der Waals surface area (Å²) in [5, 5.41) is 9.41. The van der Waals surface area contributed by atoms with Gasteiger partial charge in [0.25, 0.3) is 0 Å². The molecule has 35 heavy (non-hydrogen) atoms. The van der Waals surface area contributed by atoms with Crippen molar-refractivity contribution in [1.29, 1.82) is 0 Å². The van der Waals surface area contributed by atoms with Gasteiger partial charge in [0, 0.05) is 5.92 Å². The molecule has 0 amide bonds. The van der Waals surface area contributed by atoms with Gasteiger partial charge in [0.15, 0.2) is 0 Å². The van der Waals surface area contributed by atoms with Crippen molar-refractivity contribution in [3.05, 3.63) is 71.3 Å². The maximum absolute atomic E-state index is 4.83. The van der Waals surface area contributed by atoms with Crippen LogP contribution in [-0.4, -0.2) is 11.9 Å². The smallest absolute Gasteiger partial charge is 0.0733 e. The zero-order valence-corrected chi connectivity index (χ0v) is 22.6. The topological polar surface area (TPSA) is 24.7 Å². The van der Waals surface area contributed by atoms with Gasteiger partial charge in [-0.2, -0.15) is 10.2 Å². The van der Waals surface area contributed by atoms with Crippen LogP contribution in [0.4, 0.5) is 0 Å². The quantitative estimate of drug-likeness (QED) is 0.148. The Labute approximate surface area is 215 Å². The lowest BCUT2D eigenvalue weighted by Crippen LogP contribution is -2.26. The Morgan fingerprint density at radius 2 is 1.54 bits per heavy atom. The monoisotopic (exact) mass is 472 g/mol. The van der Waals surface area contributed by atoms with Crippen LogP contribution >= 0.6 is 0 Å². The van der Waals surface area contributed by atoms with Crippen molar-refractivity contribution in [2.24, 2.45) is 28.0 Å². The van der Waals surface area contributed by atoms with Gasteiger partial charge in [0.2, 0.25) is 0 Å². The van der Waals surface area contributed by atoms with E-state index in [1.807, 2.05) is 6.21 Å². The number of hydrogen-bond acceptors (Lipinski definition) is 2. The SMILES string of the molecule is CCCCCCCc1ccc(C=NN=C(c2ccccc2)[C@H]2CC[C@H](C(CC)CCC)CC2)cc1. The van der Waals surface area contributed by atoms with E-state index in [-0.39, 0.29) is 0 Å². The highest BCUT2D eigenvalue weighted by molar-refractivity contribution is 6.02. The minimum absolute atomic E-state index is 0.514. The van der Waals surface area contributed by atoms with Gasteiger partial charge in [-0.1, -0.05) is 120 Å². The van der Waals surface area contributed by atoms with Crippen LogP contribution in [0, 0.1) is 17.8 Å². The number of benzene rings is 2. The first kappa shape index (κ1) is 27.4. The van der Waals surface area contributed by atoms with Crippen LogP contribution in [0.1, 0.15) is 115 Å². The maximum atomic E-state index is 4.83. The lowest BCUT2D eigenvalue weighted by molar-refractivity contribution is 0.212. The van der Waals surface area contributed by atoms with Gasteiger partial charge >= 0.3 is 0 Å². The summed E-state index contributed by atoms with van der Waals surface area (Å²) in [4.78, 5) is 0. The van der Waals surface area contributed by atoms with E-state index in [9.17, 15) is 0 Å². The molecular formula is C33H48N2. The van der Waals surface area contributed by atoms with Crippen LogP contribution in [0.15, 0.2) is 64.8 Å². The number of hydrogen-bond donors (Lipinski definition) is 0. The summed E-state index contributed by atoms with van der Waals surface area (Å²) in [6.07, 6.45) is 18.9. The molecule has 1 fully saturated rings. The van der Waals surface area contributed by atoms with Crippen LogP contribution in [-0.2, 0) is 6.42 Å². The van der Waals surface area contributed by atoms with E-state index in [4.69, 9.17) is 5.10 Å². The van der Waals surface area contributed by atoms with Gasteiger partial charge in [-0.3, -0.25) is 0 Å². The third kappa shape index (κ3) is 9.06. The molecule has 0 aromatic heterocycles. The van der Waals surface area contributed by atoms with Crippen molar-refractivity contribution in [2.75, 3.05) is 0 Å². The van der Waals surface area contributed by atoms with Crippen LogP contribution in [0.5, 0.6) is 0 Å². The van der Waals surface area contributed by atoms with Gasteiger partial charge in [-0.15, -0.1) is 0 Å². The average Bonchev–Trinajstić information content (AvgIpc) is 2.91. The first-order valence-corrected chi connectivity index (χ1v) is 14.5. The molecule has 0 aliphatic heterocycles. The second-order valence-electron chi connectivity index (χ2n) is 10.6. The maximum Gasteiger partial charge on any atom is 0.0733 e. The second-order valence-corrected chi connectivity index (χ2v) is 10.6. The molecule has 1 aliphatic carbocycles. The third-order valence-electron chi connectivity index (χ3n) is 8.00. The Morgan fingerprint density at radius 1 is 0.829 bits per heavy atom. The van der Waals surface area contributed by atoms with Gasteiger partial charge in [-0.25, -0.2) is 0 Å². The molecule has 0 saturated heterocycles. The molecule has 1 unspecified atom stereocenters. The fraction of sp³-hybridized carbons (Fsp3) is 0.576. The molecule has 2 aromatic rings. The lowest BCUT2D eigenvalue weighted by Gasteiger charge is -2.34. The van der Waals surface area contributed by atoms with Crippen molar-refractivity contribution in [3.8, 4) is 0 Å². The van der Waals surface area contributed by atoms with E-state index >= 15 is 0 Å². The second kappa shape index (κ2) is 15.7. The molecule has 2 nitrogen and oxygen atoms in total. The predicted molar refractivity (Wildman–Crippen MR) is 154 cm³/mol. The molecule has 1 saturated carbocycles. The molecule has 0 spiro atoms. The van der Waals surface area contributed by atoms with E-state index in [2.05, 4.69) is 80.5 Å². The van der Waals surface area contributed by atoms with E-state index in [1.54, 1.807) is 0 Å². The first-order chi connectivity index (χ1) is 17.2. The summed E-state index contributed by atoms with van der Waals surface area (Å²) in [5.41, 5.74) is 4.96. The van der Waals surface area contributed by atoms with Crippen LogP contribution in [0.25, 0.3) is 0 Å². The lowest BCUT2D eigenvalue weighted by atomic mass is 9.72. The molecule has 0 N–H and O–H groups in total. The Hall–Kier alpha value is -2.22. The van der Waals surface area contributed by atoms with Crippen molar-refractivity contribution in [3.63, 3.8) is 0 Å². The molecular weight excluding hydrogens is 424 g/mol. The molecule has 190 valence electrons. The Bertz CT molecular complexity index is 873. The zero-order chi connectivity index (χ0) is 24.7. The van der Waals surface area contributed by atoms with Crippen LogP contribution in [0.3, 0.4) is 0 Å². The van der Waals surface area contributed by atoms with E-state index in [0.29, 0.717) is 5.92 Å². The molecule has 0 bridgehead atoms. The van der Waals surface area contributed by atoms with Crippen molar-refractivity contribution in [2.45, 2.75) is 104 Å². The van der Waals surface area contributed by atoms with Crippen LogP contribution < -0.4 is 0 Å². The largest absolute Gasteiger partial charge is 0.158 e. The summed E-state index contributed by atoms with van der Waals surface area (Å²) in [6.45, 7) is 6.97. The van der Waals surface area contributed by atoms with Crippen molar-refractivity contribution in [1.82, 2.24) is 0 Å². The summed E-state index contributed by atoms with van der Waals surface area (Å²) >= 11 is 0. The zero-order valence-electron chi connectivity index (χ0n) is 22.6. The predicted octanol–water partition coefficient (Wildman–Crippen LogP) is 9.66. The summed E-state index contributed by atoms with van der Waals surface area (Å²) in [6, 6.07) is 19.6. The third-order valence-corrected chi connectivity index (χ3v) is 8.00. The highest BCUT2D eigenvalue weighted by Gasteiger charge is 2.29.